The molecule has 0 radical (unpaired) electrons. The van der Waals surface area contributed by atoms with Gasteiger partial charge in [-0.25, -0.2) is 60.5 Å². The Hall–Kier alpha value is -7.88. The van der Waals surface area contributed by atoms with Crippen LogP contribution >= 0.6 is 27.5 Å². The Labute approximate surface area is 632 Å². The number of nitrogen functional groups attached to an aromatic ring is 1. The lowest BCUT2D eigenvalue weighted by Crippen LogP contribution is -2.45. The number of alkyl halides is 6. The zero-order valence-corrected chi connectivity index (χ0v) is 65.7. The summed E-state index contributed by atoms with van der Waals surface area (Å²) in [5, 5.41) is 0.232. The molecule has 5 fully saturated rings. The molecular weight excluding hydrogens is 1510 g/mol. The minimum atomic E-state index is -2.96. The van der Waals surface area contributed by atoms with Gasteiger partial charge in [0, 0.05) is 90.0 Å². The van der Waals surface area contributed by atoms with Crippen molar-refractivity contribution in [3.05, 3.63) is 63.2 Å². The summed E-state index contributed by atoms with van der Waals surface area (Å²) in [4.78, 5) is 98.2. The van der Waals surface area contributed by atoms with Crippen LogP contribution in [-0.2, 0) is 47.2 Å². The molecule has 39 heteroatoms. The first-order valence-corrected chi connectivity index (χ1v) is 35.5. The molecule has 10 heterocycles. The number of halogens is 8. The van der Waals surface area contributed by atoms with Crippen LogP contribution in [0.25, 0.3) is 11.4 Å². The highest BCUT2D eigenvalue weighted by Crippen LogP contribution is 2.39. The molecular formula is C68H95BBrClF6N16O14. The van der Waals surface area contributed by atoms with E-state index in [9.17, 15) is 45.5 Å². The van der Waals surface area contributed by atoms with Gasteiger partial charge >= 0.3 is 31.5 Å². The SMILES string of the molecule is CC(C)(C)OC(=O)N(C(=O)OC(C)(C)C)c1cc(C(F)F)c(B2OC(C)(C)C(C)(C)O2)cn1.CC(C)(C)OC(=O)N(C(=O)OC(C)(C)C)c1cc(C(F)F)c(Br)cn1.C[C@H]1COCCN1c1nc(-c2cnc(N)cc2C(F)F)nc(N2CCOCC2)n1.C[C@H]1COCCN1c1nc(Cl)nc(N2CCOCC2)n1. The summed E-state index contributed by atoms with van der Waals surface area (Å²) in [6.45, 7) is 39.7. The average molecular weight is 1600 g/mol. The molecule has 0 unspecified atom stereocenters. The van der Waals surface area contributed by atoms with Crippen LogP contribution in [0.2, 0.25) is 5.28 Å². The molecule has 30 nitrogen and oxygen atoms in total. The van der Waals surface area contributed by atoms with Gasteiger partial charge in [-0.1, -0.05) is 0 Å². The van der Waals surface area contributed by atoms with Gasteiger partial charge in [-0.3, -0.25) is 0 Å². The van der Waals surface area contributed by atoms with Crippen LogP contribution in [0, 0.1) is 0 Å². The lowest BCUT2D eigenvalue weighted by atomic mass is 9.77. The number of imide groups is 2. The molecule has 2 N–H and O–H groups in total. The Morgan fingerprint density at radius 1 is 0.523 bits per heavy atom. The molecule has 107 heavy (non-hydrogen) atoms. The quantitative estimate of drug-likeness (QED) is 0.0729. The van der Waals surface area contributed by atoms with Crippen LogP contribution < -0.4 is 40.6 Å². The summed E-state index contributed by atoms with van der Waals surface area (Å²) in [6.07, 6.45) is -9.38. The van der Waals surface area contributed by atoms with E-state index < -0.39 is 95.5 Å². The van der Waals surface area contributed by atoms with Crippen molar-refractivity contribution in [2.24, 2.45) is 0 Å². The van der Waals surface area contributed by atoms with Gasteiger partial charge in [0.25, 0.3) is 19.3 Å². The molecule has 0 aliphatic carbocycles. The zero-order chi connectivity index (χ0) is 79.5. The van der Waals surface area contributed by atoms with Crippen molar-refractivity contribution < 1.29 is 92.7 Å². The molecule has 10 rings (SSSR count). The first-order valence-electron chi connectivity index (χ1n) is 34.4. The highest BCUT2D eigenvalue weighted by atomic mass is 79.9. The van der Waals surface area contributed by atoms with E-state index in [1.54, 1.807) is 111 Å². The minimum Gasteiger partial charge on any atom is -0.443 e. The number of rotatable bonds is 11. The van der Waals surface area contributed by atoms with Gasteiger partial charge in [0.15, 0.2) is 5.82 Å². The summed E-state index contributed by atoms with van der Waals surface area (Å²) in [5.41, 5.74) is -0.622. The number of pyridine rings is 3. The Kier molecular flexibility index (Phi) is 29.1. The first kappa shape index (κ1) is 86.4. The molecule has 5 aromatic rings. The summed E-state index contributed by atoms with van der Waals surface area (Å²) >= 11 is 9.02. The number of carbonyl (C=O) groups is 4. The standard InChI is InChI=1S/C22H33BF2N2O6.C18H23F2N7O2.C16H21BrF2N2O4.C12H18ClN5O2/c1-19(2,3)30-17(28)27(18(29)31-20(4,5)6)15-11-13(16(24)25)14(12-26-15)23-32-21(7,8)22(9,10)33-23;1-11-10-29-7-4-27(11)18-24-16(13-9-22-14(21)8-12(13)15(19)20)23-17(25-18)26-2-5-28-6-3-26;1-15(2,3)24-13(22)21(14(23)25-16(4,5)6)11-7-9(12(18)19)10(17)8-20-11;1-9-8-20-7-4-18(9)12-15-10(13)14-11(16-12)17-2-5-19-6-3-17/h11-12,16H,1-10H3;8-9,11,15H,2-7,10H2,1H3,(H2,21,22);7-8,12H,1-6H3;9H,2-8H2,1H3/t;11-;;9-/m.0.0/s1. The number of hydrogen-bond donors (Lipinski definition) is 1. The van der Waals surface area contributed by atoms with Crippen molar-refractivity contribution in [2.45, 2.75) is 190 Å². The normalized spacial score (nSPS) is 18.3. The number of aromatic nitrogens is 9. The highest BCUT2D eigenvalue weighted by molar-refractivity contribution is 9.10. The third-order valence-electron chi connectivity index (χ3n) is 16.0. The van der Waals surface area contributed by atoms with Gasteiger partial charge in [0.2, 0.25) is 29.1 Å². The molecule has 2 atom stereocenters. The van der Waals surface area contributed by atoms with Gasteiger partial charge in [0.1, 0.15) is 39.9 Å². The number of hydrogen-bond acceptors (Lipinski definition) is 28. The maximum absolute atomic E-state index is 14.1. The Morgan fingerprint density at radius 2 is 0.888 bits per heavy atom. The van der Waals surface area contributed by atoms with Gasteiger partial charge < -0.3 is 72.5 Å². The van der Waals surface area contributed by atoms with Crippen LogP contribution in [0.1, 0.15) is 161 Å². The fourth-order valence-corrected chi connectivity index (χ4v) is 10.7. The van der Waals surface area contributed by atoms with E-state index in [0.29, 0.717) is 106 Å². The smallest absolute Gasteiger partial charge is 0.443 e. The van der Waals surface area contributed by atoms with E-state index >= 15 is 0 Å². The number of carbonyl (C=O) groups excluding carboxylic acids is 4. The molecule has 5 saturated heterocycles. The molecule has 0 aromatic carbocycles. The summed E-state index contributed by atoms with van der Waals surface area (Å²) in [6, 6.07) is 3.33. The zero-order valence-electron chi connectivity index (χ0n) is 63.4. The van der Waals surface area contributed by atoms with Crippen LogP contribution in [0.15, 0.2) is 41.3 Å². The Balaban J connectivity index is 0.000000202. The number of anilines is 7. The second kappa shape index (κ2) is 36.1. The van der Waals surface area contributed by atoms with Gasteiger partial charge in [-0.05, 0) is 170 Å². The molecule has 4 amide bonds. The number of morpholine rings is 4. The molecule has 5 aliphatic rings. The lowest BCUT2D eigenvalue weighted by Gasteiger charge is -2.34. The van der Waals surface area contributed by atoms with E-state index in [-0.39, 0.29) is 61.7 Å². The van der Waals surface area contributed by atoms with E-state index in [2.05, 4.69) is 77.5 Å². The number of nitrogens with two attached hydrogens (primary N) is 1. The molecule has 5 aromatic heterocycles. The highest BCUT2D eigenvalue weighted by Gasteiger charge is 2.53. The van der Waals surface area contributed by atoms with Crippen molar-refractivity contribution in [1.29, 1.82) is 0 Å². The van der Waals surface area contributed by atoms with Crippen LogP contribution in [0.4, 0.5) is 86.8 Å². The topological polar surface area (TPSA) is 322 Å². The van der Waals surface area contributed by atoms with E-state index in [1.165, 1.54) is 6.20 Å². The van der Waals surface area contributed by atoms with Gasteiger partial charge in [0.05, 0.1) is 76.1 Å². The third-order valence-corrected chi connectivity index (χ3v) is 16.9. The molecule has 5 aliphatic heterocycles. The Morgan fingerprint density at radius 3 is 1.29 bits per heavy atom. The molecule has 0 bridgehead atoms. The Bertz CT molecular complexity index is 3800. The van der Waals surface area contributed by atoms with Gasteiger partial charge in [-0.2, -0.15) is 39.7 Å². The van der Waals surface area contributed by atoms with Crippen molar-refractivity contribution in [1.82, 2.24) is 44.9 Å². The predicted molar refractivity (Wildman–Crippen MR) is 390 cm³/mol. The van der Waals surface area contributed by atoms with Crippen molar-refractivity contribution in [3.8, 4) is 11.4 Å². The maximum atomic E-state index is 14.1. The van der Waals surface area contributed by atoms with Crippen LogP contribution in [0.3, 0.4) is 0 Å². The fourth-order valence-electron chi connectivity index (χ4n) is 10.2. The lowest BCUT2D eigenvalue weighted by molar-refractivity contribution is 0.00578. The largest absolute Gasteiger partial charge is 0.496 e. The second-order valence-electron chi connectivity index (χ2n) is 29.9. The van der Waals surface area contributed by atoms with Crippen molar-refractivity contribution in [2.75, 3.05) is 127 Å². The third kappa shape index (κ3) is 24.6. The van der Waals surface area contributed by atoms with E-state index in [4.69, 9.17) is 64.5 Å². The second-order valence-corrected chi connectivity index (χ2v) is 31.1. The number of amides is 4. The predicted octanol–water partition coefficient (Wildman–Crippen LogP) is 12.6. The van der Waals surface area contributed by atoms with Crippen LogP contribution in [-0.4, -0.2) is 214 Å². The minimum absolute atomic E-state index is 0.000674. The summed E-state index contributed by atoms with van der Waals surface area (Å²) in [7, 11) is -1.10. The fraction of sp³-hybridized carbons (Fsp3) is 0.632. The van der Waals surface area contributed by atoms with E-state index in [0.717, 1.165) is 50.2 Å². The molecule has 590 valence electrons. The van der Waals surface area contributed by atoms with Crippen molar-refractivity contribution in [3.63, 3.8) is 0 Å². The number of nitrogens with zero attached hydrogens (tertiary/aromatic N) is 15. The summed E-state index contributed by atoms with van der Waals surface area (Å²) < 4.78 is 136. The van der Waals surface area contributed by atoms with Crippen molar-refractivity contribution >= 4 is 106 Å². The molecule has 0 spiro atoms. The molecule has 0 saturated carbocycles. The maximum Gasteiger partial charge on any atom is 0.496 e. The van der Waals surface area contributed by atoms with Gasteiger partial charge in [-0.15, -0.1) is 0 Å². The summed E-state index contributed by atoms with van der Waals surface area (Å²) in [5.74, 6) is 1.61. The first-order chi connectivity index (χ1) is 49.7. The van der Waals surface area contributed by atoms with Crippen LogP contribution in [0.5, 0.6) is 0 Å². The van der Waals surface area contributed by atoms with E-state index in [1.807, 2.05) is 16.7 Å². The monoisotopic (exact) mass is 1600 g/mol. The number of ether oxygens (including phenoxy) is 8. The average Bonchev–Trinajstić information content (AvgIpc) is 1.64.